The Balaban J connectivity index is 2.51. The van der Waals surface area contributed by atoms with Crippen LogP contribution in [0.15, 0.2) is 0 Å². The number of ether oxygens (including phenoxy) is 2. The second-order valence-electron chi connectivity index (χ2n) is 5.08. The highest BCUT2D eigenvalue weighted by molar-refractivity contribution is 5.35. The number of nitrogens with zero attached hydrogens (tertiary/aromatic N) is 3. The van der Waals surface area contributed by atoms with E-state index >= 15 is 0 Å². The molecule has 1 rings (SSSR count). The molecule has 2 N–H and O–H groups in total. The monoisotopic (exact) mass is 283 g/mol. The molecular weight excluding hydrogens is 258 g/mol. The Morgan fingerprint density at radius 2 is 1.75 bits per heavy atom. The zero-order valence-corrected chi connectivity index (χ0v) is 12.9. The van der Waals surface area contributed by atoms with Gasteiger partial charge in [-0.2, -0.15) is 15.0 Å². The van der Waals surface area contributed by atoms with Crippen LogP contribution in [0.3, 0.4) is 0 Å². The fraction of sp³-hybridized carbons (Fsp3) is 0.769. The van der Waals surface area contributed by atoms with Gasteiger partial charge in [0.25, 0.3) is 0 Å². The molecule has 0 fully saturated rings. The Hall–Kier alpha value is -1.63. The van der Waals surface area contributed by atoms with Crippen molar-refractivity contribution in [3.8, 4) is 6.01 Å². The lowest BCUT2D eigenvalue weighted by Crippen LogP contribution is -2.16. The predicted molar refractivity (Wildman–Crippen MR) is 79.3 cm³/mol. The van der Waals surface area contributed by atoms with Crippen LogP contribution in [0, 0.1) is 5.92 Å². The fourth-order valence-electron chi connectivity index (χ4n) is 1.36. The van der Waals surface area contributed by atoms with Gasteiger partial charge < -0.3 is 20.1 Å². The smallest absolute Gasteiger partial charge is 0.323 e. The molecule has 7 heteroatoms. The highest BCUT2D eigenvalue weighted by atomic mass is 16.5. The predicted octanol–water partition coefficient (Wildman–Crippen LogP) is 1.78. The van der Waals surface area contributed by atoms with Crippen molar-refractivity contribution in [2.24, 2.45) is 5.92 Å². The van der Waals surface area contributed by atoms with Crippen molar-refractivity contribution in [1.29, 1.82) is 0 Å². The lowest BCUT2D eigenvalue weighted by Gasteiger charge is -2.11. The molecular formula is C13H25N5O2. The third-order valence-electron chi connectivity index (χ3n) is 2.16. The molecule has 1 heterocycles. The van der Waals surface area contributed by atoms with E-state index in [9.17, 15) is 0 Å². The van der Waals surface area contributed by atoms with Gasteiger partial charge in [-0.05, 0) is 19.8 Å². The minimum absolute atomic E-state index is 0.0179. The summed E-state index contributed by atoms with van der Waals surface area (Å²) in [5, 5.41) is 5.98. The van der Waals surface area contributed by atoms with Crippen LogP contribution < -0.4 is 15.4 Å². The van der Waals surface area contributed by atoms with Gasteiger partial charge in [-0.1, -0.05) is 13.8 Å². The Kier molecular flexibility index (Phi) is 7.00. The summed E-state index contributed by atoms with van der Waals surface area (Å²) in [7, 11) is 1.75. The molecule has 0 aromatic carbocycles. The third kappa shape index (κ3) is 6.51. The van der Waals surface area contributed by atoms with E-state index in [1.807, 2.05) is 13.8 Å². The summed E-state index contributed by atoms with van der Waals surface area (Å²) in [4.78, 5) is 12.5. The van der Waals surface area contributed by atoms with Crippen LogP contribution in [0.1, 0.15) is 27.7 Å². The molecule has 114 valence electrons. The first kappa shape index (κ1) is 16.4. The SMILES string of the molecule is CNc1nc(NCCOCC(C)C)nc(OC(C)C)n1. The van der Waals surface area contributed by atoms with Gasteiger partial charge in [0.05, 0.1) is 12.7 Å². The Morgan fingerprint density at radius 1 is 1.05 bits per heavy atom. The van der Waals surface area contributed by atoms with Crippen LogP contribution in [-0.4, -0.2) is 47.9 Å². The molecule has 0 atom stereocenters. The highest BCUT2D eigenvalue weighted by Gasteiger charge is 2.07. The van der Waals surface area contributed by atoms with E-state index in [2.05, 4.69) is 39.4 Å². The normalized spacial score (nSPS) is 10.9. The van der Waals surface area contributed by atoms with E-state index in [0.29, 0.717) is 37.0 Å². The first-order valence-corrected chi connectivity index (χ1v) is 6.93. The van der Waals surface area contributed by atoms with Crippen LogP contribution in [0.4, 0.5) is 11.9 Å². The summed E-state index contributed by atoms with van der Waals surface area (Å²) in [5.41, 5.74) is 0. The number of hydrogen-bond acceptors (Lipinski definition) is 7. The molecule has 0 saturated carbocycles. The first-order valence-electron chi connectivity index (χ1n) is 6.93. The molecule has 7 nitrogen and oxygen atoms in total. The summed E-state index contributed by atoms with van der Waals surface area (Å²) in [6.45, 7) is 10.1. The van der Waals surface area contributed by atoms with Crippen LogP contribution in [-0.2, 0) is 4.74 Å². The Morgan fingerprint density at radius 3 is 2.35 bits per heavy atom. The van der Waals surface area contributed by atoms with Gasteiger partial charge in [0, 0.05) is 20.2 Å². The minimum Gasteiger partial charge on any atom is -0.461 e. The van der Waals surface area contributed by atoms with E-state index in [1.54, 1.807) is 7.05 Å². The maximum atomic E-state index is 5.49. The second kappa shape index (κ2) is 8.52. The zero-order valence-electron chi connectivity index (χ0n) is 12.9. The van der Waals surface area contributed by atoms with E-state index in [0.717, 1.165) is 6.61 Å². The molecule has 0 bridgehead atoms. The lowest BCUT2D eigenvalue weighted by atomic mass is 10.2. The van der Waals surface area contributed by atoms with Crippen molar-refractivity contribution >= 4 is 11.9 Å². The molecule has 1 aromatic rings. The van der Waals surface area contributed by atoms with Crippen molar-refractivity contribution in [3.05, 3.63) is 0 Å². The van der Waals surface area contributed by atoms with Crippen molar-refractivity contribution in [3.63, 3.8) is 0 Å². The molecule has 0 aliphatic heterocycles. The number of anilines is 2. The van der Waals surface area contributed by atoms with Gasteiger partial charge >= 0.3 is 6.01 Å². The molecule has 20 heavy (non-hydrogen) atoms. The quantitative estimate of drug-likeness (QED) is 0.669. The maximum absolute atomic E-state index is 5.49. The lowest BCUT2D eigenvalue weighted by molar-refractivity contribution is 0.118. The molecule has 1 aromatic heterocycles. The molecule has 0 amide bonds. The number of hydrogen-bond donors (Lipinski definition) is 2. The maximum Gasteiger partial charge on any atom is 0.323 e. The first-order chi connectivity index (χ1) is 9.51. The minimum atomic E-state index is 0.0179. The van der Waals surface area contributed by atoms with Crippen molar-refractivity contribution in [2.75, 3.05) is 37.4 Å². The van der Waals surface area contributed by atoms with Gasteiger partial charge in [0.1, 0.15) is 0 Å². The van der Waals surface area contributed by atoms with Crippen LogP contribution in [0.5, 0.6) is 6.01 Å². The fourth-order valence-corrected chi connectivity index (χ4v) is 1.36. The molecule has 0 radical (unpaired) electrons. The van der Waals surface area contributed by atoms with Gasteiger partial charge in [-0.3, -0.25) is 0 Å². The topological polar surface area (TPSA) is 81.2 Å². The summed E-state index contributed by atoms with van der Waals surface area (Å²) >= 11 is 0. The van der Waals surface area contributed by atoms with E-state index in [4.69, 9.17) is 9.47 Å². The van der Waals surface area contributed by atoms with Crippen molar-refractivity contribution in [2.45, 2.75) is 33.8 Å². The standard InChI is InChI=1S/C13H25N5O2/c1-9(2)8-19-7-6-15-12-16-11(14-5)17-13(18-12)20-10(3)4/h9-10H,6-8H2,1-5H3,(H2,14,15,16,17,18). The van der Waals surface area contributed by atoms with Crippen LogP contribution in [0.25, 0.3) is 0 Å². The van der Waals surface area contributed by atoms with E-state index < -0.39 is 0 Å². The van der Waals surface area contributed by atoms with Gasteiger partial charge in [0.2, 0.25) is 11.9 Å². The van der Waals surface area contributed by atoms with Crippen molar-refractivity contribution in [1.82, 2.24) is 15.0 Å². The van der Waals surface area contributed by atoms with Gasteiger partial charge in [-0.15, -0.1) is 0 Å². The summed E-state index contributed by atoms with van der Waals surface area (Å²) in [6.07, 6.45) is 0.0179. The van der Waals surface area contributed by atoms with Gasteiger partial charge in [0.15, 0.2) is 0 Å². The van der Waals surface area contributed by atoms with Gasteiger partial charge in [-0.25, -0.2) is 0 Å². The largest absolute Gasteiger partial charge is 0.461 e. The van der Waals surface area contributed by atoms with E-state index in [-0.39, 0.29) is 6.10 Å². The third-order valence-corrected chi connectivity index (χ3v) is 2.16. The summed E-state index contributed by atoms with van der Waals surface area (Å²) < 4.78 is 11.0. The van der Waals surface area contributed by atoms with Crippen molar-refractivity contribution < 1.29 is 9.47 Å². The van der Waals surface area contributed by atoms with Crippen LogP contribution >= 0.6 is 0 Å². The highest BCUT2D eigenvalue weighted by Crippen LogP contribution is 2.11. The number of aromatic nitrogens is 3. The average molecular weight is 283 g/mol. The average Bonchev–Trinajstić information content (AvgIpc) is 2.36. The molecule has 0 aliphatic carbocycles. The summed E-state index contributed by atoms with van der Waals surface area (Å²) in [6, 6.07) is 0.310. The Labute approximate surface area is 120 Å². The summed E-state index contributed by atoms with van der Waals surface area (Å²) in [5.74, 6) is 1.49. The molecule has 0 saturated heterocycles. The van der Waals surface area contributed by atoms with Crippen LogP contribution in [0.2, 0.25) is 0 Å². The number of rotatable bonds is 9. The molecule has 0 unspecified atom stereocenters. The zero-order chi connectivity index (χ0) is 15.0. The molecule has 0 spiro atoms. The number of nitrogens with one attached hydrogen (secondary N) is 2. The van der Waals surface area contributed by atoms with E-state index in [1.165, 1.54) is 0 Å². The second-order valence-corrected chi connectivity index (χ2v) is 5.08. The molecule has 0 aliphatic rings. The Bertz CT molecular complexity index is 398.